The fraction of sp³-hybridized carbons (Fsp3) is 0.476. The van der Waals surface area contributed by atoms with Gasteiger partial charge in [-0.1, -0.05) is 43.2 Å². The molecule has 1 aromatic heterocycles. The van der Waals surface area contributed by atoms with E-state index in [9.17, 15) is 4.79 Å². The van der Waals surface area contributed by atoms with Crippen LogP contribution in [0.3, 0.4) is 0 Å². The normalized spacial score (nSPS) is 11.3. The van der Waals surface area contributed by atoms with Crippen molar-refractivity contribution in [2.75, 3.05) is 20.6 Å². The summed E-state index contributed by atoms with van der Waals surface area (Å²) in [6.45, 7) is 8.20. The highest BCUT2D eigenvalue weighted by atomic mass is 16.1. The monoisotopic (exact) mass is 341 g/mol. The first-order valence-electron chi connectivity index (χ1n) is 9.10. The minimum Gasteiger partial charge on any atom is -0.366 e. The molecule has 2 rings (SSSR count). The minimum absolute atomic E-state index is 0.336. The molecule has 0 fully saturated rings. The zero-order valence-corrected chi connectivity index (χ0v) is 16.2. The van der Waals surface area contributed by atoms with Crippen molar-refractivity contribution in [2.45, 2.75) is 46.6 Å². The summed E-state index contributed by atoms with van der Waals surface area (Å²) in [7, 11) is 4.17. The number of hydrogen-bond donors (Lipinski definition) is 1. The number of aromatic nitrogens is 1. The predicted molar refractivity (Wildman–Crippen MR) is 105 cm³/mol. The summed E-state index contributed by atoms with van der Waals surface area (Å²) in [5, 5.41) is 0. The van der Waals surface area contributed by atoms with Crippen LogP contribution >= 0.6 is 0 Å². The third kappa shape index (κ3) is 4.31. The SMILES string of the molecule is CCCc1c(-c2ccc(C)cc2)c(C(N)=O)c(C)n1CCCN(C)C. The number of carbonyl (C=O) groups is 1. The first-order chi connectivity index (χ1) is 11.9. The topological polar surface area (TPSA) is 51.3 Å². The maximum absolute atomic E-state index is 12.2. The number of nitrogens with two attached hydrogens (primary N) is 1. The van der Waals surface area contributed by atoms with Crippen molar-refractivity contribution in [1.29, 1.82) is 0 Å². The van der Waals surface area contributed by atoms with Crippen molar-refractivity contribution in [3.8, 4) is 11.1 Å². The Morgan fingerprint density at radius 2 is 1.80 bits per heavy atom. The quantitative estimate of drug-likeness (QED) is 0.794. The number of amides is 1. The van der Waals surface area contributed by atoms with Gasteiger partial charge in [0.25, 0.3) is 5.91 Å². The second-order valence-corrected chi connectivity index (χ2v) is 7.07. The van der Waals surface area contributed by atoms with Crippen LogP contribution in [-0.2, 0) is 13.0 Å². The van der Waals surface area contributed by atoms with Gasteiger partial charge in [-0.3, -0.25) is 4.79 Å². The number of aryl methyl sites for hydroxylation is 1. The molecule has 0 spiro atoms. The van der Waals surface area contributed by atoms with E-state index in [0.717, 1.165) is 49.2 Å². The average molecular weight is 341 g/mol. The molecule has 2 aromatic rings. The Balaban J connectivity index is 2.58. The van der Waals surface area contributed by atoms with Crippen LogP contribution in [0.1, 0.15) is 47.1 Å². The van der Waals surface area contributed by atoms with E-state index >= 15 is 0 Å². The molecule has 4 heteroatoms. The van der Waals surface area contributed by atoms with Crippen molar-refractivity contribution in [1.82, 2.24) is 9.47 Å². The van der Waals surface area contributed by atoms with Crippen LogP contribution < -0.4 is 5.73 Å². The molecule has 25 heavy (non-hydrogen) atoms. The third-order valence-electron chi connectivity index (χ3n) is 4.69. The Morgan fingerprint density at radius 1 is 1.16 bits per heavy atom. The smallest absolute Gasteiger partial charge is 0.251 e. The lowest BCUT2D eigenvalue weighted by Crippen LogP contribution is -2.17. The number of hydrogen-bond acceptors (Lipinski definition) is 2. The molecular weight excluding hydrogens is 310 g/mol. The number of rotatable bonds is 8. The number of nitrogens with zero attached hydrogens (tertiary/aromatic N) is 2. The molecule has 136 valence electrons. The molecule has 1 aromatic carbocycles. The molecule has 0 aliphatic heterocycles. The highest BCUT2D eigenvalue weighted by Gasteiger charge is 2.24. The molecule has 0 atom stereocenters. The molecule has 0 radical (unpaired) electrons. The van der Waals surface area contributed by atoms with E-state index in [1.165, 1.54) is 11.3 Å². The van der Waals surface area contributed by atoms with E-state index in [1.54, 1.807) is 0 Å². The molecule has 0 aliphatic rings. The summed E-state index contributed by atoms with van der Waals surface area (Å²) in [5.74, 6) is -0.336. The van der Waals surface area contributed by atoms with E-state index in [4.69, 9.17) is 5.73 Å². The van der Waals surface area contributed by atoms with Gasteiger partial charge in [-0.15, -0.1) is 0 Å². The van der Waals surface area contributed by atoms with Gasteiger partial charge in [0.2, 0.25) is 0 Å². The zero-order valence-electron chi connectivity index (χ0n) is 16.2. The highest BCUT2D eigenvalue weighted by molar-refractivity contribution is 6.02. The maximum Gasteiger partial charge on any atom is 0.251 e. The molecule has 0 aliphatic carbocycles. The first-order valence-corrected chi connectivity index (χ1v) is 9.10. The molecule has 4 nitrogen and oxygen atoms in total. The molecule has 1 heterocycles. The van der Waals surface area contributed by atoms with Crippen LogP contribution in [0.5, 0.6) is 0 Å². The van der Waals surface area contributed by atoms with Crippen LogP contribution in [0, 0.1) is 13.8 Å². The van der Waals surface area contributed by atoms with E-state index in [1.807, 2.05) is 6.92 Å². The molecule has 0 saturated carbocycles. The molecule has 0 bridgehead atoms. The van der Waals surface area contributed by atoms with Crippen molar-refractivity contribution in [3.05, 3.63) is 46.8 Å². The molecule has 0 saturated heterocycles. The van der Waals surface area contributed by atoms with E-state index < -0.39 is 0 Å². The Kier molecular flexibility index (Phi) is 6.43. The molecular formula is C21H31N3O. The van der Waals surface area contributed by atoms with Gasteiger partial charge in [0.05, 0.1) is 5.56 Å². The van der Waals surface area contributed by atoms with E-state index in [-0.39, 0.29) is 5.91 Å². The number of primary amides is 1. The van der Waals surface area contributed by atoms with Gasteiger partial charge in [0, 0.05) is 23.5 Å². The second kappa shape index (κ2) is 8.34. The summed E-state index contributed by atoms with van der Waals surface area (Å²) in [5.41, 5.74) is 12.0. The van der Waals surface area contributed by atoms with Crippen molar-refractivity contribution >= 4 is 5.91 Å². The van der Waals surface area contributed by atoms with Crippen LogP contribution in [-0.4, -0.2) is 36.0 Å². The summed E-state index contributed by atoms with van der Waals surface area (Å²) < 4.78 is 2.31. The Bertz CT molecular complexity index is 727. The van der Waals surface area contributed by atoms with Crippen molar-refractivity contribution < 1.29 is 4.79 Å². The van der Waals surface area contributed by atoms with Gasteiger partial charge in [-0.2, -0.15) is 0 Å². The van der Waals surface area contributed by atoms with E-state index in [0.29, 0.717) is 5.56 Å². The predicted octanol–water partition coefficient (Wildman–Crippen LogP) is 3.78. The molecule has 0 unspecified atom stereocenters. The largest absolute Gasteiger partial charge is 0.366 e. The fourth-order valence-electron chi connectivity index (χ4n) is 3.47. The standard InChI is InChI=1S/C21H31N3O/c1-6-8-18-20(17-11-9-15(2)10-12-17)19(21(22)25)16(3)24(18)14-7-13-23(4)5/h9-12H,6-8,13-14H2,1-5H3,(H2,22,25). The maximum atomic E-state index is 12.2. The third-order valence-corrected chi connectivity index (χ3v) is 4.69. The van der Waals surface area contributed by atoms with Gasteiger partial charge in [0.15, 0.2) is 0 Å². The number of carbonyl (C=O) groups excluding carboxylic acids is 1. The lowest BCUT2D eigenvalue weighted by Gasteiger charge is -2.15. The summed E-state index contributed by atoms with van der Waals surface area (Å²) in [6.07, 6.45) is 3.03. The van der Waals surface area contributed by atoms with Crippen LogP contribution in [0.2, 0.25) is 0 Å². The second-order valence-electron chi connectivity index (χ2n) is 7.07. The average Bonchev–Trinajstić information content (AvgIpc) is 2.81. The van der Waals surface area contributed by atoms with Gasteiger partial charge >= 0.3 is 0 Å². The summed E-state index contributed by atoms with van der Waals surface area (Å²) in [4.78, 5) is 14.4. The lowest BCUT2D eigenvalue weighted by atomic mass is 9.97. The Labute approximate surface area is 151 Å². The molecule has 1 amide bonds. The van der Waals surface area contributed by atoms with E-state index in [2.05, 4.69) is 61.7 Å². The van der Waals surface area contributed by atoms with Crippen LogP contribution in [0.15, 0.2) is 24.3 Å². The molecule has 2 N–H and O–H groups in total. The van der Waals surface area contributed by atoms with Gasteiger partial charge in [-0.05, 0) is 52.9 Å². The Morgan fingerprint density at radius 3 is 2.32 bits per heavy atom. The lowest BCUT2D eigenvalue weighted by molar-refractivity contribution is 0.1000. The van der Waals surface area contributed by atoms with Crippen molar-refractivity contribution in [2.24, 2.45) is 5.73 Å². The summed E-state index contributed by atoms with van der Waals surface area (Å²) in [6, 6.07) is 8.38. The van der Waals surface area contributed by atoms with Gasteiger partial charge < -0.3 is 15.2 Å². The Hall–Kier alpha value is -2.07. The zero-order chi connectivity index (χ0) is 18.6. The van der Waals surface area contributed by atoms with Gasteiger partial charge in [0.1, 0.15) is 0 Å². The minimum atomic E-state index is -0.336. The highest BCUT2D eigenvalue weighted by Crippen LogP contribution is 2.34. The van der Waals surface area contributed by atoms with Crippen molar-refractivity contribution in [3.63, 3.8) is 0 Å². The van der Waals surface area contributed by atoms with Gasteiger partial charge in [-0.25, -0.2) is 0 Å². The first kappa shape index (κ1) is 19.3. The van der Waals surface area contributed by atoms with Crippen LogP contribution in [0.4, 0.5) is 0 Å². The summed E-state index contributed by atoms with van der Waals surface area (Å²) >= 11 is 0. The fourth-order valence-corrected chi connectivity index (χ4v) is 3.47. The number of benzene rings is 1. The van der Waals surface area contributed by atoms with Crippen LogP contribution in [0.25, 0.3) is 11.1 Å².